The molecule has 2 aromatic rings. The second-order valence-corrected chi connectivity index (χ2v) is 4.27. The van der Waals surface area contributed by atoms with Crippen LogP contribution in [0, 0.1) is 0 Å². The maximum Gasteiger partial charge on any atom is 0.123 e. The van der Waals surface area contributed by atoms with Crippen LogP contribution in [0.25, 0.3) is 0 Å². The van der Waals surface area contributed by atoms with E-state index in [2.05, 4.69) is 17.1 Å². The van der Waals surface area contributed by atoms with Crippen LogP contribution in [-0.2, 0) is 13.0 Å². The van der Waals surface area contributed by atoms with Crippen molar-refractivity contribution < 1.29 is 4.74 Å². The molecule has 0 unspecified atom stereocenters. The summed E-state index contributed by atoms with van der Waals surface area (Å²) in [7, 11) is 1.70. The molecule has 0 fully saturated rings. The maximum atomic E-state index is 5.54. The first-order chi connectivity index (χ1) is 8.83. The highest BCUT2D eigenvalue weighted by Gasteiger charge is 2.05. The van der Waals surface area contributed by atoms with Crippen molar-refractivity contribution in [2.75, 3.05) is 13.7 Å². The summed E-state index contributed by atoms with van der Waals surface area (Å²) in [5, 5.41) is 0. The van der Waals surface area contributed by atoms with Crippen LogP contribution in [0.15, 0.2) is 36.9 Å². The molecule has 0 radical (unpaired) electrons. The van der Waals surface area contributed by atoms with E-state index in [1.807, 2.05) is 23.2 Å². The van der Waals surface area contributed by atoms with Gasteiger partial charge in [-0.05, 0) is 31.0 Å². The van der Waals surface area contributed by atoms with Gasteiger partial charge in [0, 0.05) is 18.0 Å². The zero-order valence-corrected chi connectivity index (χ0v) is 10.7. The number of aryl methyl sites for hydroxylation is 1. The SMILES string of the molecule is COc1ccc(CCCN)cc1Cn1ccnc1. The molecular weight excluding hydrogens is 226 g/mol. The number of rotatable bonds is 6. The molecule has 2 N–H and O–H groups in total. The summed E-state index contributed by atoms with van der Waals surface area (Å²) in [6, 6.07) is 6.32. The van der Waals surface area contributed by atoms with Gasteiger partial charge in [0.2, 0.25) is 0 Å². The number of ether oxygens (including phenoxy) is 1. The average molecular weight is 245 g/mol. The molecule has 0 amide bonds. The second-order valence-electron chi connectivity index (χ2n) is 4.27. The fourth-order valence-corrected chi connectivity index (χ4v) is 1.99. The number of nitrogens with zero attached hydrogens (tertiary/aromatic N) is 2. The van der Waals surface area contributed by atoms with Crippen LogP contribution < -0.4 is 10.5 Å². The Bertz CT molecular complexity index is 480. The molecule has 96 valence electrons. The molecule has 0 aliphatic carbocycles. The van der Waals surface area contributed by atoms with Gasteiger partial charge >= 0.3 is 0 Å². The molecule has 18 heavy (non-hydrogen) atoms. The monoisotopic (exact) mass is 245 g/mol. The van der Waals surface area contributed by atoms with E-state index in [-0.39, 0.29) is 0 Å². The van der Waals surface area contributed by atoms with Crippen molar-refractivity contribution in [2.24, 2.45) is 5.73 Å². The third kappa shape index (κ3) is 3.11. The Morgan fingerprint density at radius 2 is 2.28 bits per heavy atom. The summed E-state index contributed by atoms with van der Waals surface area (Å²) >= 11 is 0. The number of benzene rings is 1. The predicted molar refractivity (Wildman–Crippen MR) is 71.7 cm³/mol. The lowest BCUT2D eigenvalue weighted by Crippen LogP contribution is -2.03. The van der Waals surface area contributed by atoms with Crippen LogP contribution in [0.3, 0.4) is 0 Å². The second kappa shape index (κ2) is 6.21. The minimum atomic E-state index is 0.725. The Morgan fingerprint density at radius 1 is 1.39 bits per heavy atom. The Labute approximate surface area is 107 Å². The van der Waals surface area contributed by atoms with Crippen LogP contribution >= 0.6 is 0 Å². The maximum absolute atomic E-state index is 5.54. The number of hydrogen-bond acceptors (Lipinski definition) is 3. The number of methoxy groups -OCH3 is 1. The zero-order chi connectivity index (χ0) is 12.8. The highest BCUT2D eigenvalue weighted by atomic mass is 16.5. The highest BCUT2D eigenvalue weighted by Crippen LogP contribution is 2.21. The van der Waals surface area contributed by atoms with Crippen LogP contribution in [0.2, 0.25) is 0 Å². The fraction of sp³-hybridized carbons (Fsp3) is 0.357. The minimum absolute atomic E-state index is 0.725. The van der Waals surface area contributed by atoms with Crippen molar-refractivity contribution >= 4 is 0 Å². The molecule has 1 aromatic carbocycles. The van der Waals surface area contributed by atoms with Gasteiger partial charge in [-0.1, -0.05) is 12.1 Å². The molecule has 1 aromatic heterocycles. The lowest BCUT2D eigenvalue weighted by molar-refractivity contribution is 0.408. The van der Waals surface area contributed by atoms with Crippen LogP contribution in [-0.4, -0.2) is 23.2 Å². The molecule has 1 heterocycles. The molecule has 0 bridgehead atoms. The molecule has 2 rings (SSSR count). The molecule has 0 saturated heterocycles. The number of hydrogen-bond donors (Lipinski definition) is 1. The average Bonchev–Trinajstić information content (AvgIpc) is 2.89. The van der Waals surface area contributed by atoms with Crippen LogP contribution in [0.5, 0.6) is 5.75 Å². The molecule has 0 aliphatic rings. The van der Waals surface area contributed by atoms with Crippen molar-refractivity contribution in [3.8, 4) is 5.75 Å². The molecule has 0 spiro atoms. The Morgan fingerprint density at radius 3 is 2.94 bits per heavy atom. The van der Waals surface area contributed by atoms with Crippen molar-refractivity contribution in [3.05, 3.63) is 48.0 Å². The van der Waals surface area contributed by atoms with E-state index in [0.717, 1.165) is 31.7 Å². The summed E-state index contributed by atoms with van der Waals surface area (Å²) in [5.74, 6) is 0.917. The van der Waals surface area contributed by atoms with Crippen LogP contribution in [0.4, 0.5) is 0 Å². The van der Waals surface area contributed by atoms with Crippen molar-refractivity contribution in [1.29, 1.82) is 0 Å². The first-order valence-corrected chi connectivity index (χ1v) is 6.15. The Hall–Kier alpha value is -1.81. The van der Waals surface area contributed by atoms with Crippen molar-refractivity contribution in [2.45, 2.75) is 19.4 Å². The van der Waals surface area contributed by atoms with Gasteiger partial charge in [-0.2, -0.15) is 0 Å². The topological polar surface area (TPSA) is 53.1 Å². The molecule has 0 aliphatic heterocycles. The van der Waals surface area contributed by atoms with Crippen molar-refractivity contribution in [3.63, 3.8) is 0 Å². The molecule has 0 atom stereocenters. The standard InChI is InChI=1S/C14H19N3O/c1-18-14-5-4-12(3-2-6-15)9-13(14)10-17-8-7-16-11-17/h4-5,7-9,11H,2-3,6,10,15H2,1H3. The predicted octanol–water partition coefficient (Wildman–Crippen LogP) is 1.83. The highest BCUT2D eigenvalue weighted by molar-refractivity contribution is 5.37. The van der Waals surface area contributed by atoms with Gasteiger partial charge in [-0.25, -0.2) is 4.98 Å². The Kier molecular flexibility index (Phi) is 4.36. The van der Waals surface area contributed by atoms with Crippen molar-refractivity contribution in [1.82, 2.24) is 9.55 Å². The summed E-state index contributed by atoms with van der Waals surface area (Å²) in [4.78, 5) is 4.05. The lowest BCUT2D eigenvalue weighted by Gasteiger charge is -2.11. The molecular formula is C14H19N3O. The summed E-state index contributed by atoms with van der Waals surface area (Å²) in [5.41, 5.74) is 8.02. The van der Waals surface area contributed by atoms with E-state index in [1.54, 1.807) is 13.3 Å². The third-order valence-corrected chi connectivity index (χ3v) is 2.93. The first kappa shape index (κ1) is 12.6. The van der Waals surface area contributed by atoms with Gasteiger partial charge in [0.1, 0.15) is 5.75 Å². The zero-order valence-electron chi connectivity index (χ0n) is 10.7. The Balaban J connectivity index is 2.19. The fourth-order valence-electron chi connectivity index (χ4n) is 1.99. The van der Waals surface area contributed by atoms with E-state index < -0.39 is 0 Å². The van der Waals surface area contributed by atoms with Gasteiger partial charge in [0.25, 0.3) is 0 Å². The number of nitrogens with two attached hydrogens (primary N) is 1. The van der Waals surface area contributed by atoms with Gasteiger partial charge in [0.05, 0.1) is 20.0 Å². The van der Waals surface area contributed by atoms with E-state index in [1.165, 1.54) is 11.1 Å². The lowest BCUT2D eigenvalue weighted by atomic mass is 10.1. The summed E-state index contributed by atoms with van der Waals surface area (Å²) in [6.45, 7) is 1.50. The van der Waals surface area contributed by atoms with Crippen LogP contribution in [0.1, 0.15) is 17.5 Å². The smallest absolute Gasteiger partial charge is 0.123 e. The normalized spacial score (nSPS) is 10.6. The quantitative estimate of drug-likeness (QED) is 0.844. The van der Waals surface area contributed by atoms with Gasteiger partial charge in [-0.3, -0.25) is 0 Å². The molecule has 0 saturated carbocycles. The summed E-state index contributed by atoms with van der Waals surface area (Å²) < 4.78 is 7.43. The van der Waals surface area contributed by atoms with E-state index in [0.29, 0.717) is 0 Å². The first-order valence-electron chi connectivity index (χ1n) is 6.15. The summed E-state index contributed by atoms with van der Waals surface area (Å²) in [6.07, 6.45) is 7.57. The van der Waals surface area contributed by atoms with Gasteiger partial charge in [0.15, 0.2) is 0 Å². The largest absolute Gasteiger partial charge is 0.496 e. The van der Waals surface area contributed by atoms with E-state index >= 15 is 0 Å². The van der Waals surface area contributed by atoms with Gasteiger partial charge < -0.3 is 15.0 Å². The van der Waals surface area contributed by atoms with E-state index in [9.17, 15) is 0 Å². The van der Waals surface area contributed by atoms with Gasteiger partial charge in [-0.15, -0.1) is 0 Å². The number of aromatic nitrogens is 2. The third-order valence-electron chi connectivity index (χ3n) is 2.93. The molecule has 4 nitrogen and oxygen atoms in total. The minimum Gasteiger partial charge on any atom is -0.496 e. The van der Waals surface area contributed by atoms with E-state index in [4.69, 9.17) is 10.5 Å². The number of imidazole rings is 1. The molecule has 4 heteroatoms.